The summed E-state index contributed by atoms with van der Waals surface area (Å²) in [6.07, 6.45) is 2.80. The predicted molar refractivity (Wildman–Crippen MR) is 114 cm³/mol. The highest BCUT2D eigenvalue weighted by atomic mass is 16.5. The van der Waals surface area contributed by atoms with Crippen LogP contribution in [0, 0.1) is 11.8 Å². The van der Waals surface area contributed by atoms with Gasteiger partial charge in [-0.25, -0.2) is 4.98 Å². The average Bonchev–Trinajstić information content (AvgIpc) is 3.44. The molecule has 162 valence electrons. The van der Waals surface area contributed by atoms with Gasteiger partial charge in [0.05, 0.1) is 19.8 Å². The summed E-state index contributed by atoms with van der Waals surface area (Å²) in [7, 11) is 0. The second-order valence-corrected chi connectivity index (χ2v) is 7.35. The number of nitrogens with zero attached hydrogens (tertiary/aromatic N) is 4. The minimum atomic E-state index is -0.646. The second-order valence-electron chi connectivity index (χ2n) is 7.35. The summed E-state index contributed by atoms with van der Waals surface area (Å²) >= 11 is 0. The third kappa shape index (κ3) is 5.95. The molecule has 3 aromatic rings. The van der Waals surface area contributed by atoms with E-state index in [0.717, 1.165) is 44.2 Å². The zero-order chi connectivity index (χ0) is 21.5. The number of aliphatic hydroxyl groups is 1. The largest absolute Gasteiger partial charge is 0.492 e. The molecule has 0 aliphatic carbocycles. The van der Waals surface area contributed by atoms with Crippen LogP contribution in [0.25, 0.3) is 0 Å². The first-order chi connectivity index (χ1) is 15.2. The minimum Gasteiger partial charge on any atom is -0.492 e. The fraction of sp³-hybridized carbons (Fsp3) is 0.391. The van der Waals surface area contributed by atoms with Gasteiger partial charge in [-0.3, -0.25) is 4.90 Å². The molecule has 0 spiro atoms. The number of hydrogen-bond donors (Lipinski definition) is 1. The van der Waals surface area contributed by atoms with Crippen LogP contribution in [0.15, 0.2) is 47.2 Å². The Hall–Kier alpha value is -3.12. The summed E-state index contributed by atoms with van der Waals surface area (Å²) in [5.41, 5.74) is 1.58. The number of rotatable bonds is 7. The lowest BCUT2D eigenvalue weighted by Crippen LogP contribution is -2.38. The van der Waals surface area contributed by atoms with Gasteiger partial charge in [-0.2, -0.15) is 0 Å². The third-order valence-corrected chi connectivity index (χ3v) is 4.98. The van der Waals surface area contributed by atoms with Gasteiger partial charge < -0.3 is 23.7 Å². The molecule has 0 saturated carbocycles. The highest BCUT2D eigenvalue weighted by Crippen LogP contribution is 2.14. The molecule has 0 bridgehead atoms. The van der Waals surface area contributed by atoms with Crippen LogP contribution in [0.2, 0.25) is 0 Å². The first-order valence-electron chi connectivity index (χ1n) is 10.4. The Morgan fingerprint density at radius 1 is 1.19 bits per heavy atom. The first-order valence-corrected chi connectivity index (χ1v) is 10.4. The Kier molecular flexibility index (Phi) is 6.99. The second kappa shape index (κ2) is 10.3. The van der Waals surface area contributed by atoms with Gasteiger partial charge in [-0.15, -0.1) is 0 Å². The van der Waals surface area contributed by atoms with E-state index < -0.39 is 6.10 Å². The lowest BCUT2D eigenvalue weighted by molar-refractivity contribution is 0.0322. The van der Waals surface area contributed by atoms with Crippen molar-refractivity contribution in [3.63, 3.8) is 0 Å². The smallest absolute Gasteiger partial charge is 0.210 e. The van der Waals surface area contributed by atoms with Gasteiger partial charge in [0.25, 0.3) is 0 Å². The summed E-state index contributed by atoms with van der Waals surface area (Å²) < 4.78 is 18.3. The molecule has 1 atom stereocenters. The molecular formula is C23H26N4O4. The molecule has 31 heavy (non-hydrogen) atoms. The summed E-state index contributed by atoms with van der Waals surface area (Å²) in [5.74, 6) is 7.97. The van der Waals surface area contributed by atoms with Gasteiger partial charge >= 0.3 is 0 Å². The van der Waals surface area contributed by atoms with Crippen molar-refractivity contribution in [3.05, 3.63) is 65.6 Å². The van der Waals surface area contributed by atoms with Crippen molar-refractivity contribution in [2.24, 2.45) is 0 Å². The molecule has 8 heteroatoms. The quantitative estimate of drug-likeness (QED) is 0.584. The van der Waals surface area contributed by atoms with E-state index >= 15 is 0 Å². The SMILES string of the molecule is CC(O)c1nccn1Cc1cc(C#Cc2ccc(OCCN3CCOCC3)cc2)on1. The van der Waals surface area contributed by atoms with Crippen LogP contribution in [0.1, 0.15) is 35.9 Å². The van der Waals surface area contributed by atoms with Crippen LogP contribution in [0.5, 0.6) is 5.75 Å². The zero-order valence-corrected chi connectivity index (χ0v) is 17.5. The lowest BCUT2D eigenvalue weighted by atomic mass is 10.2. The topological polar surface area (TPSA) is 85.8 Å². The van der Waals surface area contributed by atoms with Gasteiger partial charge in [-0.05, 0) is 37.1 Å². The van der Waals surface area contributed by atoms with E-state index in [1.807, 2.05) is 28.8 Å². The fourth-order valence-corrected chi connectivity index (χ4v) is 3.33. The Balaban J connectivity index is 1.29. The van der Waals surface area contributed by atoms with E-state index in [2.05, 4.69) is 26.9 Å². The maximum Gasteiger partial charge on any atom is 0.210 e. The normalized spacial score (nSPS) is 15.3. The molecule has 3 heterocycles. The van der Waals surface area contributed by atoms with E-state index in [1.165, 1.54) is 0 Å². The Bertz CT molecular complexity index is 1020. The molecule has 1 fully saturated rings. The predicted octanol–water partition coefficient (Wildman–Crippen LogP) is 2.08. The van der Waals surface area contributed by atoms with Crippen molar-refractivity contribution in [2.75, 3.05) is 39.5 Å². The number of benzene rings is 1. The Morgan fingerprint density at radius 2 is 2.00 bits per heavy atom. The highest BCUT2D eigenvalue weighted by Gasteiger charge is 2.11. The van der Waals surface area contributed by atoms with Gasteiger partial charge in [-0.1, -0.05) is 11.1 Å². The number of imidazole rings is 1. The van der Waals surface area contributed by atoms with Crippen LogP contribution in [0.3, 0.4) is 0 Å². The number of hydrogen-bond acceptors (Lipinski definition) is 7. The summed E-state index contributed by atoms with van der Waals surface area (Å²) in [6.45, 7) is 7.21. The Morgan fingerprint density at radius 3 is 2.77 bits per heavy atom. The van der Waals surface area contributed by atoms with Crippen molar-refractivity contribution < 1.29 is 19.1 Å². The van der Waals surface area contributed by atoms with Crippen molar-refractivity contribution in [1.82, 2.24) is 19.6 Å². The molecule has 1 aliphatic heterocycles. The highest BCUT2D eigenvalue weighted by molar-refractivity contribution is 5.41. The fourth-order valence-electron chi connectivity index (χ4n) is 3.33. The maximum absolute atomic E-state index is 9.75. The van der Waals surface area contributed by atoms with E-state index in [9.17, 15) is 5.11 Å². The third-order valence-electron chi connectivity index (χ3n) is 4.98. The number of aliphatic hydroxyl groups excluding tert-OH is 1. The molecule has 1 saturated heterocycles. The van der Waals surface area contributed by atoms with Crippen molar-refractivity contribution >= 4 is 0 Å². The molecule has 1 unspecified atom stereocenters. The lowest BCUT2D eigenvalue weighted by Gasteiger charge is -2.26. The monoisotopic (exact) mass is 422 g/mol. The van der Waals surface area contributed by atoms with E-state index in [-0.39, 0.29) is 0 Å². The van der Waals surface area contributed by atoms with E-state index in [4.69, 9.17) is 14.0 Å². The van der Waals surface area contributed by atoms with Crippen LogP contribution in [-0.2, 0) is 11.3 Å². The Labute approximate surface area is 181 Å². The summed E-state index contributed by atoms with van der Waals surface area (Å²) in [4.78, 5) is 6.49. The molecular weight excluding hydrogens is 396 g/mol. The van der Waals surface area contributed by atoms with Crippen LogP contribution >= 0.6 is 0 Å². The van der Waals surface area contributed by atoms with Crippen molar-refractivity contribution in [1.29, 1.82) is 0 Å². The van der Waals surface area contributed by atoms with Crippen LogP contribution in [-0.4, -0.2) is 64.2 Å². The first kappa shape index (κ1) is 21.1. The molecule has 0 radical (unpaired) electrons. The van der Waals surface area contributed by atoms with E-state index in [0.29, 0.717) is 30.4 Å². The van der Waals surface area contributed by atoms with Crippen molar-refractivity contribution in [2.45, 2.75) is 19.6 Å². The van der Waals surface area contributed by atoms with Crippen LogP contribution in [0.4, 0.5) is 0 Å². The molecule has 1 N–H and O–H groups in total. The molecule has 8 nitrogen and oxygen atoms in total. The molecule has 2 aromatic heterocycles. The summed E-state index contributed by atoms with van der Waals surface area (Å²) in [5, 5.41) is 13.8. The number of ether oxygens (including phenoxy) is 2. The van der Waals surface area contributed by atoms with Gasteiger partial charge in [0.1, 0.15) is 30.0 Å². The molecule has 1 aromatic carbocycles. The molecule has 4 rings (SSSR count). The van der Waals surface area contributed by atoms with E-state index in [1.54, 1.807) is 25.4 Å². The van der Waals surface area contributed by atoms with Gasteiger partial charge in [0.2, 0.25) is 5.76 Å². The van der Waals surface area contributed by atoms with Gasteiger partial charge in [0.15, 0.2) is 0 Å². The van der Waals surface area contributed by atoms with Crippen LogP contribution < -0.4 is 4.74 Å². The number of aromatic nitrogens is 3. The average molecular weight is 422 g/mol. The molecule has 1 aliphatic rings. The van der Waals surface area contributed by atoms with Crippen molar-refractivity contribution in [3.8, 4) is 17.6 Å². The number of morpholine rings is 1. The maximum atomic E-state index is 9.75. The standard InChI is InChI=1S/C23H26N4O4/c1-18(28)23-24-8-9-27(23)17-20-16-22(31-25-20)7-4-19-2-5-21(6-3-19)30-15-12-26-10-13-29-14-11-26/h2-3,5-6,8-9,16,18,28H,10-15,17H2,1H3. The van der Waals surface area contributed by atoms with Gasteiger partial charge in [0, 0.05) is 43.7 Å². The zero-order valence-electron chi connectivity index (χ0n) is 17.5. The molecule has 0 amide bonds. The minimum absolute atomic E-state index is 0.460. The summed E-state index contributed by atoms with van der Waals surface area (Å²) in [6, 6.07) is 9.49.